The van der Waals surface area contributed by atoms with Crippen LogP contribution in [0.3, 0.4) is 0 Å². The molecular weight excluding hydrogens is 292 g/mol. The van der Waals surface area contributed by atoms with Crippen molar-refractivity contribution in [2.45, 2.75) is 12.8 Å². The van der Waals surface area contributed by atoms with E-state index >= 15 is 0 Å². The highest BCUT2D eigenvalue weighted by molar-refractivity contribution is 6.30. The summed E-state index contributed by atoms with van der Waals surface area (Å²) in [5, 5.41) is 8.37. The Labute approximate surface area is 118 Å². The van der Waals surface area contributed by atoms with E-state index < -0.39 is 40.6 Å². The Bertz CT molecular complexity index is 561. The minimum atomic E-state index is -1.20. The summed E-state index contributed by atoms with van der Waals surface area (Å²) in [7, 11) is 0. The number of hydrogen-bond donors (Lipinski definition) is 1. The third kappa shape index (κ3) is 3.45. The first-order valence-electron chi connectivity index (χ1n) is 6.04. The van der Waals surface area contributed by atoms with Gasteiger partial charge < -0.3 is 10.0 Å². The van der Waals surface area contributed by atoms with Gasteiger partial charge in [-0.1, -0.05) is 11.6 Å². The average molecular weight is 304 g/mol. The van der Waals surface area contributed by atoms with Crippen molar-refractivity contribution in [2.24, 2.45) is 5.92 Å². The average Bonchev–Trinajstić information content (AvgIpc) is 3.15. The maximum Gasteiger partial charge on any atom is 0.323 e. The summed E-state index contributed by atoms with van der Waals surface area (Å²) < 4.78 is 27.0. The molecule has 1 aliphatic carbocycles. The molecule has 1 aromatic rings. The lowest BCUT2D eigenvalue weighted by atomic mass is 10.1. The van der Waals surface area contributed by atoms with Crippen LogP contribution in [-0.4, -0.2) is 35.0 Å². The van der Waals surface area contributed by atoms with Gasteiger partial charge in [-0.25, -0.2) is 8.78 Å². The summed E-state index contributed by atoms with van der Waals surface area (Å²) in [5.41, 5.74) is -0.506. The standard InChI is InChI=1S/C13H12ClF2NO3/c14-9-4-10(15)8(3-11(9)16)13(20)17(6-12(18)19)5-7-1-2-7/h3-4,7H,1-2,5-6H2,(H,18,19). The molecule has 1 saturated carbocycles. The smallest absolute Gasteiger partial charge is 0.323 e. The summed E-state index contributed by atoms with van der Waals surface area (Å²) in [6, 6.07) is 1.40. The molecule has 20 heavy (non-hydrogen) atoms. The number of carboxylic acids is 1. The molecule has 108 valence electrons. The van der Waals surface area contributed by atoms with Crippen molar-refractivity contribution in [1.29, 1.82) is 0 Å². The highest BCUT2D eigenvalue weighted by Crippen LogP contribution is 2.30. The number of carboxylic acid groups (broad SMARTS) is 1. The minimum absolute atomic E-state index is 0.231. The van der Waals surface area contributed by atoms with Gasteiger partial charge in [0.05, 0.1) is 10.6 Å². The molecule has 1 N–H and O–H groups in total. The molecule has 7 heteroatoms. The predicted octanol–water partition coefficient (Wildman–Crippen LogP) is 2.56. The Hall–Kier alpha value is -1.69. The van der Waals surface area contributed by atoms with Gasteiger partial charge in [0, 0.05) is 6.54 Å². The second kappa shape index (κ2) is 5.75. The van der Waals surface area contributed by atoms with E-state index in [1.165, 1.54) is 0 Å². The molecule has 0 aromatic heterocycles. The van der Waals surface area contributed by atoms with Crippen LogP contribution in [0.15, 0.2) is 12.1 Å². The van der Waals surface area contributed by atoms with Crippen LogP contribution in [0.25, 0.3) is 0 Å². The summed E-state index contributed by atoms with van der Waals surface area (Å²) >= 11 is 5.41. The molecule has 0 spiro atoms. The number of nitrogens with zero attached hydrogens (tertiary/aromatic N) is 1. The number of rotatable bonds is 5. The Morgan fingerprint density at radius 3 is 2.50 bits per heavy atom. The summed E-state index contributed by atoms with van der Waals surface area (Å²) in [5.74, 6) is -3.69. The number of benzene rings is 1. The minimum Gasteiger partial charge on any atom is -0.480 e. The van der Waals surface area contributed by atoms with Crippen molar-refractivity contribution < 1.29 is 23.5 Å². The van der Waals surface area contributed by atoms with Crippen molar-refractivity contribution in [1.82, 2.24) is 4.90 Å². The van der Waals surface area contributed by atoms with Crippen LogP contribution in [0.2, 0.25) is 5.02 Å². The molecule has 0 atom stereocenters. The van der Waals surface area contributed by atoms with E-state index in [0.717, 1.165) is 17.7 Å². The fourth-order valence-electron chi connectivity index (χ4n) is 1.85. The second-order valence-electron chi connectivity index (χ2n) is 4.77. The zero-order chi connectivity index (χ0) is 14.9. The monoisotopic (exact) mass is 303 g/mol. The van der Waals surface area contributed by atoms with E-state index in [-0.39, 0.29) is 12.5 Å². The van der Waals surface area contributed by atoms with Crippen molar-refractivity contribution in [3.8, 4) is 0 Å². The molecule has 4 nitrogen and oxygen atoms in total. The zero-order valence-electron chi connectivity index (χ0n) is 10.4. The van der Waals surface area contributed by atoms with Crippen LogP contribution in [0.1, 0.15) is 23.2 Å². The van der Waals surface area contributed by atoms with Gasteiger partial charge >= 0.3 is 5.97 Å². The van der Waals surface area contributed by atoms with Gasteiger partial charge in [0.25, 0.3) is 5.91 Å². The maximum atomic E-state index is 13.7. The van der Waals surface area contributed by atoms with Crippen LogP contribution < -0.4 is 0 Å². The van der Waals surface area contributed by atoms with E-state index in [0.29, 0.717) is 12.1 Å². The quantitative estimate of drug-likeness (QED) is 0.851. The highest BCUT2D eigenvalue weighted by atomic mass is 35.5. The lowest BCUT2D eigenvalue weighted by Gasteiger charge is -2.21. The third-order valence-electron chi connectivity index (χ3n) is 3.03. The zero-order valence-corrected chi connectivity index (χ0v) is 11.2. The van der Waals surface area contributed by atoms with Crippen LogP contribution in [-0.2, 0) is 4.79 Å². The van der Waals surface area contributed by atoms with Gasteiger partial charge in [-0.05, 0) is 30.9 Å². The first-order chi connectivity index (χ1) is 9.38. The van der Waals surface area contributed by atoms with Crippen molar-refractivity contribution in [3.63, 3.8) is 0 Å². The molecule has 1 fully saturated rings. The Kier molecular flexibility index (Phi) is 4.23. The van der Waals surface area contributed by atoms with Crippen LogP contribution in [0.4, 0.5) is 8.78 Å². The molecule has 1 aromatic carbocycles. The topological polar surface area (TPSA) is 57.6 Å². The predicted molar refractivity (Wildman–Crippen MR) is 67.6 cm³/mol. The van der Waals surface area contributed by atoms with E-state index in [1.807, 2.05) is 0 Å². The second-order valence-corrected chi connectivity index (χ2v) is 5.18. The summed E-state index contributed by atoms with van der Waals surface area (Å²) in [4.78, 5) is 23.9. The normalized spacial score (nSPS) is 14.2. The van der Waals surface area contributed by atoms with Gasteiger partial charge in [-0.2, -0.15) is 0 Å². The van der Waals surface area contributed by atoms with Crippen molar-refractivity contribution in [2.75, 3.05) is 13.1 Å². The van der Waals surface area contributed by atoms with Crippen molar-refractivity contribution >= 4 is 23.5 Å². The van der Waals surface area contributed by atoms with Crippen LogP contribution in [0.5, 0.6) is 0 Å². The van der Waals surface area contributed by atoms with Crippen LogP contribution in [0, 0.1) is 17.6 Å². The van der Waals surface area contributed by atoms with E-state index in [2.05, 4.69) is 0 Å². The number of carbonyl (C=O) groups excluding carboxylic acids is 1. The van der Waals surface area contributed by atoms with Gasteiger partial charge in [0.15, 0.2) is 0 Å². The van der Waals surface area contributed by atoms with E-state index in [4.69, 9.17) is 16.7 Å². The van der Waals surface area contributed by atoms with E-state index in [9.17, 15) is 18.4 Å². The fourth-order valence-corrected chi connectivity index (χ4v) is 2.00. The molecule has 0 bridgehead atoms. The molecular formula is C13H12ClF2NO3. The first-order valence-corrected chi connectivity index (χ1v) is 6.42. The molecule has 1 amide bonds. The number of halogens is 3. The summed E-state index contributed by atoms with van der Waals surface area (Å²) in [6.45, 7) is -0.312. The van der Waals surface area contributed by atoms with Gasteiger partial charge in [0.2, 0.25) is 0 Å². The lowest BCUT2D eigenvalue weighted by molar-refractivity contribution is -0.137. The molecule has 0 heterocycles. The van der Waals surface area contributed by atoms with Crippen molar-refractivity contribution in [3.05, 3.63) is 34.4 Å². The number of hydrogen-bond acceptors (Lipinski definition) is 2. The van der Waals surface area contributed by atoms with E-state index in [1.54, 1.807) is 0 Å². The lowest BCUT2D eigenvalue weighted by Crippen LogP contribution is -2.37. The third-order valence-corrected chi connectivity index (χ3v) is 3.32. The summed E-state index contributed by atoms with van der Waals surface area (Å²) in [6.07, 6.45) is 1.81. The fraction of sp³-hybridized carbons (Fsp3) is 0.385. The van der Waals surface area contributed by atoms with Gasteiger partial charge in [0.1, 0.15) is 18.2 Å². The van der Waals surface area contributed by atoms with Gasteiger partial charge in [-0.15, -0.1) is 0 Å². The molecule has 2 rings (SSSR count). The SMILES string of the molecule is O=C(O)CN(CC1CC1)C(=O)c1cc(F)c(Cl)cc1F. The van der Waals surface area contributed by atoms with Gasteiger partial charge in [-0.3, -0.25) is 9.59 Å². The Morgan fingerprint density at radius 1 is 1.30 bits per heavy atom. The number of carbonyl (C=O) groups is 2. The molecule has 0 aliphatic heterocycles. The maximum absolute atomic E-state index is 13.7. The largest absolute Gasteiger partial charge is 0.480 e. The molecule has 1 aliphatic rings. The molecule has 0 unspecified atom stereocenters. The van der Waals surface area contributed by atoms with Crippen LogP contribution >= 0.6 is 11.6 Å². The first kappa shape index (κ1) is 14.7. The molecule has 0 radical (unpaired) electrons. The number of aliphatic carboxylic acids is 1. The Morgan fingerprint density at radius 2 is 1.95 bits per heavy atom. The molecule has 0 saturated heterocycles. The number of amides is 1. The Balaban J connectivity index is 2.25. The highest BCUT2D eigenvalue weighted by Gasteiger charge is 2.30.